The third-order valence-corrected chi connectivity index (χ3v) is 5.94. The second-order valence-corrected chi connectivity index (χ2v) is 9.01. The second kappa shape index (κ2) is 7.27. The van der Waals surface area contributed by atoms with Crippen LogP contribution in [0, 0.1) is 5.41 Å². The zero-order valence-corrected chi connectivity index (χ0v) is 17.6. The third-order valence-electron chi connectivity index (χ3n) is 5.94. The van der Waals surface area contributed by atoms with Gasteiger partial charge in [0.2, 0.25) is 0 Å². The maximum absolute atomic E-state index is 13.2. The molecule has 1 aliphatic carbocycles. The van der Waals surface area contributed by atoms with E-state index in [1.54, 1.807) is 6.26 Å². The molecule has 5 rings (SSSR count). The number of anilines is 2. The number of carbonyl (C=O) groups is 2. The van der Waals surface area contributed by atoms with E-state index in [1.807, 2.05) is 60.7 Å². The van der Waals surface area contributed by atoms with Crippen LogP contribution < -0.4 is 10.6 Å². The summed E-state index contributed by atoms with van der Waals surface area (Å²) in [5, 5.41) is 6.97. The van der Waals surface area contributed by atoms with Gasteiger partial charge in [-0.25, -0.2) is 0 Å². The first-order valence-corrected chi connectivity index (χ1v) is 10.5. The Morgan fingerprint density at radius 2 is 1.77 bits per heavy atom. The molecule has 0 unspecified atom stereocenters. The van der Waals surface area contributed by atoms with E-state index in [0.717, 1.165) is 23.5 Å². The molecule has 3 aromatic rings. The third kappa shape index (κ3) is 3.56. The highest BCUT2D eigenvalue weighted by atomic mass is 16.3. The van der Waals surface area contributed by atoms with Crippen molar-refractivity contribution in [2.75, 3.05) is 10.6 Å². The van der Waals surface area contributed by atoms with Crippen LogP contribution in [-0.4, -0.2) is 11.6 Å². The highest BCUT2D eigenvalue weighted by molar-refractivity contribution is 6.10. The van der Waals surface area contributed by atoms with Crippen molar-refractivity contribution < 1.29 is 14.0 Å². The number of benzene rings is 2. The van der Waals surface area contributed by atoms with E-state index in [9.17, 15) is 9.59 Å². The lowest BCUT2D eigenvalue weighted by atomic mass is 9.74. The monoisotopic (exact) mass is 412 g/mol. The van der Waals surface area contributed by atoms with Crippen molar-refractivity contribution in [3.05, 3.63) is 95.1 Å². The van der Waals surface area contributed by atoms with E-state index in [2.05, 4.69) is 24.5 Å². The lowest BCUT2D eigenvalue weighted by molar-refractivity contribution is -0.118. The average Bonchev–Trinajstić information content (AvgIpc) is 3.22. The zero-order chi connectivity index (χ0) is 21.6. The molecule has 0 fully saturated rings. The van der Waals surface area contributed by atoms with Crippen LogP contribution in [0.25, 0.3) is 0 Å². The van der Waals surface area contributed by atoms with Crippen LogP contribution in [0.5, 0.6) is 0 Å². The largest absolute Gasteiger partial charge is 0.467 e. The maximum atomic E-state index is 13.2. The molecule has 0 spiro atoms. The highest BCUT2D eigenvalue weighted by Crippen LogP contribution is 2.45. The Morgan fingerprint density at radius 1 is 0.968 bits per heavy atom. The van der Waals surface area contributed by atoms with Gasteiger partial charge in [-0.2, -0.15) is 0 Å². The Kier molecular flexibility index (Phi) is 4.54. The van der Waals surface area contributed by atoms with Crippen LogP contribution in [0.2, 0.25) is 0 Å². The van der Waals surface area contributed by atoms with E-state index in [1.165, 1.54) is 0 Å². The van der Waals surface area contributed by atoms with Crippen molar-refractivity contribution in [3.63, 3.8) is 0 Å². The minimum atomic E-state index is -0.413. The molecular formula is C26H24N2O3. The topological polar surface area (TPSA) is 71.3 Å². The maximum Gasteiger partial charge on any atom is 0.193 e. The Bertz CT molecular complexity index is 1190. The van der Waals surface area contributed by atoms with Gasteiger partial charge in [0.05, 0.1) is 17.6 Å². The number of hydrogen-bond acceptors (Lipinski definition) is 5. The van der Waals surface area contributed by atoms with Crippen LogP contribution in [0.3, 0.4) is 0 Å². The Balaban J connectivity index is 1.59. The lowest BCUT2D eigenvalue weighted by Gasteiger charge is -2.33. The number of hydrogen-bond donors (Lipinski definition) is 2. The van der Waals surface area contributed by atoms with Gasteiger partial charge in [0.25, 0.3) is 0 Å². The summed E-state index contributed by atoms with van der Waals surface area (Å²) < 4.78 is 5.70. The number of ketones is 2. The van der Waals surface area contributed by atoms with Crippen LogP contribution >= 0.6 is 0 Å². The minimum absolute atomic E-state index is 0.0427. The van der Waals surface area contributed by atoms with Gasteiger partial charge < -0.3 is 15.1 Å². The van der Waals surface area contributed by atoms with Crippen LogP contribution in [0.4, 0.5) is 11.4 Å². The number of Topliss-reactive ketones (excluding diaryl/α,β-unsaturated/α-hetero) is 1. The summed E-state index contributed by atoms with van der Waals surface area (Å²) in [6.07, 6.45) is 2.86. The summed E-state index contributed by atoms with van der Waals surface area (Å²) in [7, 11) is 0. The summed E-state index contributed by atoms with van der Waals surface area (Å²) in [5.41, 5.74) is 4.34. The molecule has 0 saturated heterocycles. The van der Waals surface area contributed by atoms with Gasteiger partial charge in [0, 0.05) is 28.8 Å². The van der Waals surface area contributed by atoms with E-state index in [4.69, 9.17) is 4.42 Å². The van der Waals surface area contributed by atoms with Crippen molar-refractivity contribution in [3.8, 4) is 0 Å². The van der Waals surface area contributed by atoms with Gasteiger partial charge in [0.1, 0.15) is 11.8 Å². The van der Waals surface area contributed by atoms with Crippen molar-refractivity contribution >= 4 is 22.9 Å². The molecule has 1 aromatic heterocycles. The summed E-state index contributed by atoms with van der Waals surface area (Å²) in [5.74, 6) is 0.745. The lowest BCUT2D eigenvalue weighted by Crippen LogP contribution is -2.31. The van der Waals surface area contributed by atoms with E-state index in [0.29, 0.717) is 28.9 Å². The van der Waals surface area contributed by atoms with E-state index < -0.39 is 6.04 Å². The van der Waals surface area contributed by atoms with E-state index >= 15 is 0 Å². The van der Waals surface area contributed by atoms with Gasteiger partial charge >= 0.3 is 0 Å². The van der Waals surface area contributed by atoms with Gasteiger partial charge in [-0.15, -0.1) is 0 Å². The first-order chi connectivity index (χ1) is 14.9. The number of carbonyl (C=O) groups excluding carboxylic acids is 2. The molecule has 5 nitrogen and oxygen atoms in total. The fraction of sp³-hybridized carbons (Fsp3) is 0.231. The Morgan fingerprint density at radius 3 is 2.52 bits per heavy atom. The minimum Gasteiger partial charge on any atom is -0.467 e. The first kappa shape index (κ1) is 19.4. The molecule has 31 heavy (non-hydrogen) atoms. The summed E-state index contributed by atoms with van der Waals surface area (Å²) >= 11 is 0. The Labute approximate surface area is 181 Å². The molecule has 1 atom stereocenters. The predicted octanol–water partition coefficient (Wildman–Crippen LogP) is 5.73. The molecule has 2 aromatic carbocycles. The molecule has 1 aliphatic heterocycles. The fourth-order valence-corrected chi connectivity index (χ4v) is 4.51. The van der Waals surface area contributed by atoms with Crippen LogP contribution in [0.15, 0.2) is 82.6 Å². The van der Waals surface area contributed by atoms with Gasteiger partial charge in [0.15, 0.2) is 11.6 Å². The smallest absolute Gasteiger partial charge is 0.193 e. The highest BCUT2D eigenvalue weighted by Gasteiger charge is 2.39. The zero-order valence-electron chi connectivity index (χ0n) is 17.6. The number of rotatable bonds is 3. The molecule has 2 aliphatic rings. The van der Waals surface area contributed by atoms with Crippen molar-refractivity contribution in [2.45, 2.75) is 32.7 Å². The standard InChI is InChI=1S/C26H24N2O3/c1-26(2)14-20-23(21(29)15-26)24(22-9-6-12-31-22)28-19-13-17(10-11-18(19)27-20)25(30)16-7-4-3-5-8-16/h3-13,24,27-28H,14-15H2,1-2H3/t24-/m0/s1. The normalized spacial score (nSPS) is 19.5. The molecule has 5 heteroatoms. The molecule has 0 radical (unpaired) electrons. The van der Waals surface area contributed by atoms with Crippen molar-refractivity contribution in [2.24, 2.45) is 5.41 Å². The SMILES string of the molecule is CC1(C)CC(=O)C2=C(C1)Nc1ccc(C(=O)c3ccccc3)cc1N[C@H]2c1ccco1. The molecule has 2 N–H and O–H groups in total. The van der Waals surface area contributed by atoms with Gasteiger partial charge in [-0.05, 0) is 42.2 Å². The van der Waals surface area contributed by atoms with Crippen LogP contribution in [0.1, 0.15) is 54.4 Å². The van der Waals surface area contributed by atoms with Crippen molar-refractivity contribution in [1.29, 1.82) is 0 Å². The summed E-state index contributed by atoms with van der Waals surface area (Å²) in [6, 6.07) is 18.1. The average molecular weight is 412 g/mol. The molecule has 2 heterocycles. The van der Waals surface area contributed by atoms with Gasteiger partial charge in [-0.1, -0.05) is 44.2 Å². The Hall–Kier alpha value is -3.60. The number of fused-ring (bicyclic) bond motifs is 1. The molecule has 0 bridgehead atoms. The van der Waals surface area contributed by atoms with Gasteiger partial charge in [-0.3, -0.25) is 9.59 Å². The summed E-state index contributed by atoms with van der Waals surface area (Å²) in [6.45, 7) is 4.22. The first-order valence-electron chi connectivity index (χ1n) is 10.5. The number of nitrogens with one attached hydrogen (secondary N) is 2. The van der Waals surface area contributed by atoms with Crippen LogP contribution in [-0.2, 0) is 4.79 Å². The number of furan rings is 1. The second-order valence-electron chi connectivity index (χ2n) is 9.01. The molecule has 0 amide bonds. The molecular weight excluding hydrogens is 388 g/mol. The quantitative estimate of drug-likeness (QED) is 0.537. The van der Waals surface area contributed by atoms with E-state index in [-0.39, 0.29) is 17.0 Å². The fourth-order valence-electron chi connectivity index (χ4n) is 4.51. The van der Waals surface area contributed by atoms with Crippen molar-refractivity contribution in [1.82, 2.24) is 0 Å². The predicted molar refractivity (Wildman–Crippen MR) is 120 cm³/mol. The molecule has 156 valence electrons. The number of allylic oxidation sites excluding steroid dienone is 1. The summed E-state index contributed by atoms with van der Waals surface area (Å²) in [4.78, 5) is 26.2. The molecule has 0 saturated carbocycles.